The minimum atomic E-state index is 0.837. The third-order valence-corrected chi connectivity index (χ3v) is 4.97. The monoisotopic (exact) mass is 317 g/mol. The van der Waals surface area contributed by atoms with Gasteiger partial charge in [-0.15, -0.1) is 10.2 Å². The highest BCUT2D eigenvalue weighted by Crippen LogP contribution is 2.26. The van der Waals surface area contributed by atoms with E-state index in [9.17, 15) is 0 Å². The van der Waals surface area contributed by atoms with Crippen LogP contribution in [-0.2, 0) is 0 Å². The summed E-state index contributed by atoms with van der Waals surface area (Å²) >= 11 is 0. The second kappa shape index (κ2) is 5.26. The van der Waals surface area contributed by atoms with Gasteiger partial charge in [-0.3, -0.25) is 0 Å². The second-order valence-electron chi connectivity index (χ2n) is 6.54. The molecule has 0 radical (unpaired) electrons. The number of nitrogens with zero attached hydrogens (tertiary/aromatic N) is 3. The minimum absolute atomic E-state index is 0.837. The minimum Gasteiger partial charge on any atom is -0.316 e. The second-order valence-corrected chi connectivity index (χ2v) is 6.54. The van der Waals surface area contributed by atoms with Gasteiger partial charge in [-0.05, 0) is 30.0 Å². The summed E-state index contributed by atoms with van der Waals surface area (Å²) in [5.74, 6) is 0. The number of hydrogen-bond donors (Lipinski definition) is 2. The highest BCUT2D eigenvalue weighted by atomic mass is 15.5. The molecular formula is C19H19N5. The van der Waals surface area contributed by atoms with Crippen molar-refractivity contribution in [1.29, 1.82) is 0 Å². The molecule has 0 bridgehead atoms. The van der Waals surface area contributed by atoms with Crippen molar-refractivity contribution in [1.82, 2.24) is 20.5 Å². The maximum absolute atomic E-state index is 4.67. The number of hydrogen-bond acceptors (Lipinski definition) is 5. The standard InChI is InChI=1S/C19H19N5/c1-24-11-15(12-7-9-20-10-8-12)18-19(23-24)14-4-2-3-13-5-6-16(17(13)14)21-22-18/h2-7,20,23H,8-11H2,1H3. The summed E-state index contributed by atoms with van der Waals surface area (Å²) in [5, 5.41) is 20.3. The largest absolute Gasteiger partial charge is 0.316 e. The van der Waals surface area contributed by atoms with Gasteiger partial charge in [0.15, 0.2) is 0 Å². The molecular weight excluding hydrogens is 298 g/mol. The molecule has 5 nitrogen and oxygen atoms in total. The van der Waals surface area contributed by atoms with Crippen molar-refractivity contribution < 1.29 is 0 Å². The van der Waals surface area contributed by atoms with Crippen LogP contribution in [0.2, 0.25) is 0 Å². The van der Waals surface area contributed by atoms with E-state index in [2.05, 4.69) is 69.4 Å². The van der Waals surface area contributed by atoms with Crippen molar-refractivity contribution in [2.24, 2.45) is 0 Å². The molecule has 0 amide bonds. The first kappa shape index (κ1) is 13.9. The number of nitrogens with one attached hydrogen (secondary N) is 2. The molecule has 24 heavy (non-hydrogen) atoms. The van der Waals surface area contributed by atoms with Gasteiger partial charge in [0, 0.05) is 36.3 Å². The molecule has 5 heteroatoms. The van der Waals surface area contributed by atoms with Gasteiger partial charge in [-0.2, -0.15) is 0 Å². The average Bonchev–Trinajstić information content (AvgIpc) is 2.96. The van der Waals surface area contributed by atoms with Gasteiger partial charge in [0.1, 0.15) is 5.35 Å². The number of fused-ring (bicyclic) bond motifs is 2. The van der Waals surface area contributed by atoms with Crippen molar-refractivity contribution in [3.63, 3.8) is 0 Å². The van der Waals surface area contributed by atoms with E-state index in [4.69, 9.17) is 0 Å². The number of hydrazine groups is 1. The van der Waals surface area contributed by atoms with E-state index in [1.807, 2.05) is 0 Å². The number of rotatable bonds is 1. The van der Waals surface area contributed by atoms with Crippen LogP contribution in [0.15, 0.2) is 42.0 Å². The first-order chi connectivity index (χ1) is 11.8. The van der Waals surface area contributed by atoms with E-state index in [0.717, 1.165) is 42.4 Å². The van der Waals surface area contributed by atoms with Gasteiger partial charge in [-0.1, -0.05) is 30.3 Å². The van der Waals surface area contributed by atoms with Gasteiger partial charge < -0.3 is 10.7 Å². The van der Waals surface area contributed by atoms with Crippen molar-refractivity contribution in [2.45, 2.75) is 6.42 Å². The Labute approximate surface area is 139 Å². The van der Waals surface area contributed by atoms with Crippen LogP contribution >= 0.6 is 0 Å². The molecule has 0 atom stereocenters. The lowest BCUT2D eigenvalue weighted by atomic mass is 9.97. The molecule has 0 spiro atoms. The van der Waals surface area contributed by atoms with Crippen molar-refractivity contribution >= 4 is 22.0 Å². The molecule has 4 aliphatic rings. The fraction of sp³-hybridized carbons (Fsp3) is 0.263. The molecule has 0 saturated heterocycles. The molecule has 0 unspecified atom stereocenters. The Morgan fingerprint density at radius 3 is 2.96 bits per heavy atom. The molecule has 1 aromatic rings. The van der Waals surface area contributed by atoms with Crippen LogP contribution < -0.4 is 16.1 Å². The maximum atomic E-state index is 4.67. The normalized spacial score (nSPS) is 18.5. The molecule has 3 heterocycles. The first-order valence-electron chi connectivity index (χ1n) is 8.40. The lowest BCUT2D eigenvalue weighted by Gasteiger charge is -2.28. The molecule has 2 N–H and O–H groups in total. The fourth-order valence-electron chi connectivity index (χ4n) is 3.84. The Morgan fingerprint density at radius 1 is 1.12 bits per heavy atom. The average molecular weight is 317 g/mol. The topological polar surface area (TPSA) is 53.1 Å². The van der Waals surface area contributed by atoms with E-state index in [0.29, 0.717) is 0 Å². The Hall–Kier alpha value is -2.50. The van der Waals surface area contributed by atoms with E-state index in [1.54, 1.807) is 0 Å². The predicted octanol–water partition coefficient (Wildman–Crippen LogP) is 1.42. The smallest absolute Gasteiger partial charge is 0.116 e. The van der Waals surface area contributed by atoms with E-state index in [-0.39, 0.29) is 0 Å². The third-order valence-electron chi connectivity index (χ3n) is 4.97. The summed E-state index contributed by atoms with van der Waals surface area (Å²) in [7, 11) is 2.08. The van der Waals surface area contributed by atoms with Crippen LogP contribution in [0.1, 0.15) is 6.42 Å². The summed E-state index contributed by atoms with van der Waals surface area (Å²) in [6.07, 6.45) is 3.33. The van der Waals surface area contributed by atoms with Gasteiger partial charge in [0.2, 0.25) is 0 Å². The van der Waals surface area contributed by atoms with E-state index >= 15 is 0 Å². The zero-order valence-electron chi connectivity index (χ0n) is 13.6. The lowest BCUT2D eigenvalue weighted by Crippen LogP contribution is -2.39. The third kappa shape index (κ3) is 2.02. The van der Waals surface area contributed by atoms with E-state index < -0.39 is 0 Å². The van der Waals surface area contributed by atoms with Crippen molar-refractivity contribution in [3.05, 3.63) is 57.9 Å². The van der Waals surface area contributed by atoms with Gasteiger partial charge >= 0.3 is 0 Å². The summed E-state index contributed by atoms with van der Waals surface area (Å²) in [6, 6.07) is 10.6. The Bertz CT molecular complexity index is 1080. The Morgan fingerprint density at radius 2 is 2.08 bits per heavy atom. The summed E-state index contributed by atoms with van der Waals surface area (Å²) in [5.41, 5.74) is 7.26. The van der Waals surface area contributed by atoms with Crippen LogP contribution in [0.25, 0.3) is 16.3 Å². The van der Waals surface area contributed by atoms with Crippen LogP contribution in [0, 0.1) is 10.6 Å². The SMILES string of the molecule is CN1CC(C2=CCNCC2)=c2nnc3ccc4cccc(c2N1)c4=3. The zero-order chi connectivity index (χ0) is 16.1. The molecule has 1 aliphatic carbocycles. The summed E-state index contributed by atoms with van der Waals surface area (Å²) in [6.45, 7) is 2.79. The summed E-state index contributed by atoms with van der Waals surface area (Å²) < 4.78 is 0. The molecule has 0 aromatic heterocycles. The Balaban J connectivity index is 1.94. The first-order valence-corrected chi connectivity index (χ1v) is 8.40. The van der Waals surface area contributed by atoms with Crippen molar-refractivity contribution in [3.8, 4) is 0 Å². The Kier molecular flexibility index (Phi) is 3.04. The molecule has 0 saturated carbocycles. The van der Waals surface area contributed by atoms with Crippen LogP contribution in [-0.4, -0.2) is 41.9 Å². The molecule has 1 aromatic carbocycles. The van der Waals surface area contributed by atoms with Gasteiger partial charge in [0.05, 0.1) is 11.0 Å². The van der Waals surface area contributed by atoms with Crippen molar-refractivity contribution in [2.75, 3.05) is 32.1 Å². The lowest BCUT2D eigenvalue weighted by molar-refractivity contribution is 0.444. The highest BCUT2D eigenvalue weighted by Gasteiger charge is 2.20. The molecule has 3 aliphatic heterocycles. The van der Waals surface area contributed by atoms with Gasteiger partial charge in [-0.25, -0.2) is 5.01 Å². The molecule has 0 fully saturated rings. The van der Waals surface area contributed by atoms with Crippen LogP contribution in [0.4, 0.5) is 5.69 Å². The predicted molar refractivity (Wildman–Crippen MR) is 95.3 cm³/mol. The van der Waals surface area contributed by atoms with E-state index in [1.165, 1.54) is 27.1 Å². The zero-order valence-corrected chi connectivity index (χ0v) is 13.6. The number of benzene rings is 1. The van der Waals surface area contributed by atoms with Gasteiger partial charge in [0.25, 0.3) is 0 Å². The quantitative estimate of drug-likeness (QED) is 0.711. The number of anilines is 1. The van der Waals surface area contributed by atoms with Crippen LogP contribution in [0.3, 0.4) is 0 Å². The highest BCUT2D eigenvalue weighted by molar-refractivity contribution is 5.85. The molecule has 120 valence electrons. The number of aromatic nitrogens is 2. The summed E-state index contributed by atoms with van der Waals surface area (Å²) in [4.78, 5) is 0. The fourth-order valence-corrected chi connectivity index (χ4v) is 3.84. The van der Waals surface area contributed by atoms with Crippen LogP contribution in [0.5, 0.6) is 0 Å². The molecule has 5 rings (SSSR count). The maximum Gasteiger partial charge on any atom is 0.116 e.